The summed E-state index contributed by atoms with van der Waals surface area (Å²) in [5, 5.41) is 3.49. The van der Waals surface area contributed by atoms with Gasteiger partial charge in [0.05, 0.1) is 7.11 Å². The summed E-state index contributed by atoms with van der Waals surface area (Å²) < 4.78 is 11.6. The van der Waals surface area contributed by atoms with Gasteiger partial charge in [0.15, 0.2) is 11.5 Å². The van der Waals surface area contributed by atoms with Crippen LogP contribution in [0.1, 0.15) is 22.1 Å². The number of thioether (sulfide) groups is 1. The molecule has 1 fully saturated rings. The van der Waals surface area contributed by atoms with Gasteiger partial charge in [-0.25, -0.2) is 4.79 Å². The number of hydrogen-bond acceptors (Lipinski definition) is 4. The van der Waals surface area contributed by atoms with Crippen LogP contribution in [0.4, 0.5) is 10.5 Å². The highest BCUT2D eigenvalue weighted by Crippen LogP contribution is 2.41. The molecule has 0 aliphatic carbocycles. The fourth-order valence-electron chi connectivity index (χ4n) is 3.51. The zero-order chi connectivity index (χ0) is 22.5. The zero-order valence-electron chi connectivity index (χ0n) is 18.0. The van der Waals surface area contributed by atoms with Crippen molar-refractivity contribution in [3.63, 3.8) is 0 Å². The first-order valence-corrected chi connectivity index (χ1v) is 11.8. The summed E-state index contributed by atoms with van der Waals surface area (Å²) in [6.07, 6.45) is 0. The second-order valence-corrected chi connectivity index (χ2v) is 9.09. The van der Waals surface area contributed by atoms with E-state index in [1.54, 1.807) is 24.9 Å². The van der Waals surface area contributed by atoms with Crippen LogP contribution in [0.15, 0.2) is 66.7 Å². The number of rotatable bonds is 6. The summed E-state index contributed by atoms with van der Waals surface area (Å²) in [4.78, 5) is 14.8. The molecule has 1 aliphatic rings. The lowest BCUT2D eigenvalue weighted by Gasteiger charge is -2.25. The number of amides is 2. The third-order valence-corrected chi connectivity index (χ3v) is 6.95. The zero-order valence-corrected chi connectivity index (χ0v) is 19.6. The van der Waals surface area contributed by atoms with Crippen molar-refractivity contribution in [2.24, 2.45) is 0 Å². The van der Waals surface area contributed by atoms with Crippen LogP contribution >= 0.6 is 23.4 Å². The number of carbonyl (C=O) groups excluding carboxylic acids is 1. The lowest BCUT2D eigenvalue weighted by atomic mass is 10.1. The lowest BCUT2D eigenvalue weighted by molar-refractivity contribution is 0.214. The smallest absolute Gasteiger partial charge is 0.323 e. The molecule has 1 unspecified atom stereocenters. The van der Waals surface area contributed by atoms with Gasteiger partial charge < -0.3 is 19.7 Å². The normalized spacial score (nSPS) is 15.5. The van der Waals surface area contributed by atoms with Crippen molar-refractivity contribution in [1.82, 2.24) is 4.90 Å². The Morgan fingerprint density at radius 2 is 1.94 bits per heavy atom. The predicted molar refractivity (Wildman–Crippen MR) is 131 cm³/mol. The average molecular weight is 469 g/mol. The first kappa shape index (κ1) is 22.4. The van der Waals surface area contributed by atoms with Crippen LogP contribution in [0.25, 0.3) is 0 Å². The van der Waals surface area contributed by atoms with Gasteiger partial charge in [0, 0.05) is 23.0 Å². The molecule has 3 aromatic rings. The molecule has 0 bridgehead atoms. The van der Waals surface area contributed by atoms with E-state index in [-0.39, 0.29) is 11.4 Å². The van der Waals surface area contributed by atoms with Crippen molar-refractivity contribution in [1.29, 1.82) is 0 Å². The van der Waals surface area contributed by atoms with Crippen LogP contribution in [0.5, 0.6) is 11.5 Å². The van der Waals surface area contributed by atoms with Crippen molar-refractivity contribution in [3.8, 4) is 11.5 Å². The van der Waals surface area contributed by atoms with Gasteiger partial charge in [-0.1, -0.05) is 54.1 Å². The van der Waals surface area contributed by atoms with Crippen LogP contribution in [-0.4, -0.2) is 30.3 Å². The Hall–Kier alpha value is -2.83. The Morgan fingerprint density at radius 1 is 1.12 bits per heavy atom. The molecular weight excluding hydrogens is 444 g/mol. The van der Waals surface area contributed by atoms with Crippen molar-refractivity contribution in [2.75, 3.05) is 24.7 Å². The standard InChI is InChI=1S/C25H25ClN2O3S/c1-17-8-10-20(15-21(17)26)27-25(29)28-12-13-32-24(28)19-9-11-22(23(14-19)30-2)31-16-18-6-4-3-5-7-18/h3-11,14-15,24H,12-13,16H2,1-2H3,(H,27,29). The van der Waals surface area contributed by atoms with Gasteiger partial charge in [0.25, 0.3) is 0 Å². The number of methoxy groups -OCH3 is 1. The van der Waals surface area contributed by atoms with Crippen LogP contribution in [0.2, 0.25) is 5.02 Å². The topological polar surface area (TPSA) is 50.8 Å². The number of nitrogens with zero attached hydrogens (tertiary/aromatic N) is 1. The maximum Gasteiger partial charge on any atom is 0.323 e. The minimum absolute atomic E-state index is 0.104. The number of nitrogens with one attached hydrogen (secondary N) is 1. The second kappa shape index (κ2) is 10.2. The largest absolute Gasteiger partial charge is 0.493 e. The van der Waals surface area contributed by atoms with E-state index in [1.165, 1.54) is 0 Å². The molecule has 32 heavy (non-hydrogen) atoms. The van der Waals surface area contributed by atoms with Crippen LogP contribution < -0.4 is 14.8 Å². The number of anilines is 1. The number of ether oxygens (including phenoxy) is 2. The maximum absolute atomic E-state index is 13.0. The van der Waals surface area contributed by atoms with Gasteiger partial charge in [-0.2, -0.15) is 0 Å². The molecule has 1 atom stereocenters. The van der Waals surface area contributed by atoms with E-state index in [0.717, 1.165) is 22.4 Å². The van der Waals surface area contributed by atoms with Gasteiger partial charge in [-0.3, -0.25) is 0 Å². The van der Waals surface area contributed by atoms with E-state index in [0.29, 0.717) is 35.4 Å². The second-order valence-electron chi connectivity index (χ2n) is 7.50. The number of carbonyl (C=O) groups is 1. The summed E-state index contributed by atoms with van der Waals surface area (Å²) >= 11 is 7.93. The fraction of sp³-hybridized carbons (Fsp3) is 0.240. The van der Waals surface area contributed by atoms with E-state index in [2.05, 4.69) is 5.32 Å². The van der Waals surface area contributed by atoms with Gasteiger partial charge in [0.2, 0.25) is 0 Å². The molecule has 0 saturated carbocycles. The first-order chi connectivity index (χ1) is 15.5. The SMILES string of the molecule is COc1cc(C2SCCN2C(=O)Nc2ccc(C)c(Cl)c2)ccc1OCc1ccccc1. The third-order valence-electron chi connectivity index (χ3n) is 5.28. The molecule has 5 nitrogen and oxygen atoms in total. The molecule has 3 aromatic carbocycles. The van der Waals surface area contributed by atoms with Crippen LogP contribution in [-0.2, 0) is 6.61 Å². The molecule has 0 aromatic heterocycles. The Balaban J connectivity index is 1.47. The molecule has 1 aliphatic heterocycles. The van der Waals surface area contributed by atoms with Crippen molar-refractivity contribution in [2.45, 2.75) is 18.9 Å². The predicted octanol–water partition coefficient (Wildman–Crippen LogP) is 6.52. The highest BCUT2D eigenvalue weighted by molar-refractivity contribution is 7.99. The van der Waals surface area contributed by atoms with E-state index < -0.39 is 0 Å². The van der Waals surface area contributed by atoms with Gasteiger partial charge in [0.1, 0.15) is 12.0 Å². The van der Waals surface area contributed by atoms with Gasteiger partial charge in [-0.15, -0.1) is 11.8 Å². The van der Waals surface area contributed by atoms with Gasteiger partial charge in [-0.05, 0) is 47.9 Å². The van der Waals surface area contributed by atoms with Gasteiger partial charge >= 0.3 is 6.03 Å². The molecule has 1 heterocycles. The molecule has 0 spiro atoms. The number of hydrogen-bond donors (Lipinski definition) is 1. The van der Waals surface area contributed by atoms with Crippen LogP contribution in [0.3, 0.4) is 0 Å². The van der Waals surface area contributed by atoms with E-state index in [9.17, 15) is 4.79 Å². The molecule has 2 amide bonds. The van der Waals surface area contributed by atoms with Crippen molar-refractivity contribution in [3.05, 3.63) is 88.4 Å². The van der Waals surface area contributed by atoms with E-state index >= 15 is 0 Å². The minimum atomic E-state index is -0.150. The summed E-state index contributed by atoms with van der Waals surface area (Å²) in [5.41, 5.74) is 3.74. The highest BCUT2D eigenvalue weighted by Gasteiger charge is 2.31. The number of benzene rings is 3. The van der Waals surface area contributed by atoms with Crippen molar-refractivity contribution >= 4 is 35.1 Å². The van der Waals surface area contributed by atoms with E-state index in [4.69, 9.17) is 21.1 Å². The number of urea groups is 1. The summed E-state index contributed by atoms with van der Waals surface area (Å²) in [6.45, 7) is 3.05. The Bertz CT molecular complexity index is 1090. The first-order valence-electron chi connectivity index (χ1n) is 10.3. The maximum atomic E-state index is 13.0. The number of halogens is 1. The molecule has 4 rings (SSSR count). The third kappa shape index (κ3) is 5.14. The summed E-state index contributed by atoms with van der Waals surface area (Å²) in [6, 6.07) is 21.2. The highest BCUT2D eigenvalue weighted by atomic mass is 35.5. The van der Waals surface area contributed by atoms with Crippen LogP contribution in [0, 0.1) is 6.92 Å². The Morgan fingerprint density at radius 3 is 2.69 bits per heavy atom. The molecular formula is C25H25ClN2O3S. The Kier molecular flexibility index (Phi) is 7.12. The van der Waals surface area contributed by atoms with E-state index in [1.807, 2.05) is 72.5 Å². The molecule has 1 N–H and O–H groups in total. The number of aryl methyl sites for hydroxylation is 1. The lowest BCUT2D eigenvalue weighted by Crippen LogP contribution is -2.34. The monoisotopic (exact) mass is 468 g/mol. The quantitative estimate of drug-likeness (QED) is 0.447. The average Bonchev–Trinajstić information content (AvgIpc) is 3.31. The van der Waals surface area contributed by atoms with Crippen molar-refractivity contribution < 1.29 is 14.3 Å². The Labute approximate surface area is 197 Å². The molecule has 7 heteroatoms. The molecule has 1 saturated heterocycles. The fourth-order valence-corrected chi connectivity index (χ4v) is 4.94. The minimum Gasteiger partial charge on any atom is -0.493 e. The summed E-state index contributed by atoms with van der Waals surface area (Å²) in [7, 11) is 1.63. The molecule has 166 valence electrons. The summed E-state index contributed by atoms with van der Waals surface area (Å²) in [5.74, 6) is 2.19. The molecule has 0 radical (unpaired) electrons.